The third-order valence-corrected chi connectivity index (χ3v) is 4.52. The highest BCUT2D eigenvalue weighted by molar-refractivity contribution is 9.10. The van der Waals surface area contributed by atoms with E-state index in [1.807, 2.05) is 0 Å². The zero-order valence-corrected chi connectivity index (χ0v) is 10.8. The number of nitrogens with two attached hydrogens (primary N) is 1. The summed E-state index contributed by atoms with van der Waals surface area (Å²) in [5.74, 6) is 0.712. The van der Waals surface area contributed by atoms with Crippen LogP contribution in [0.5, 0.6) is 0 Å². The molecule has 1 aliphatic carbocycles. The minimum atomic E-state index is 0.237. The summed E-state index contributed by atoms with van der Waals surface area (Å²) in [7, 11) is 0. The van der Waals surface area contributed by atoms with E-state index in [4.69, 9.17) is 5.73 Å². The van der Waals surface area contributed by atoms with Gasteiger partial charge in [-0.05, 0) is 36.5 Å². The Labute approximate surface area is 100 Å². The summed E-state index contributed by atoms with van der Waals surface area (Å²) in [6.45, 7) is 3.11. The van der Waals surface area contributed by atoms with E-state index in [9.17, 15) is 0 Å². The van der Waals surface area contributed by atoms with Gasteiger partial charge >= 0.3 is 0 Å². The van der Waals surface area contributed by atoms with Crippen molar-refractivity contribution in [2.24, 2.45) is 11.7 Å². The Balaban J connectivity index is 2.37. The van der Waals surface area contributed by atoms with Crippen LogP contribution in [0.2, 0.25) is 0 Å². The number of rotatable bonds is 2. The van der Waals surface area contributed by atoms with Crippen molar-refractivity contribution < 1.29 is 0 Å². The van der Waals surface area contributed by atoms with Gasteiger partial charge in [0.25, 0.3) is 0 Å². The molecule has 0 aliphatic heterocycles. The Hall–Kier alpha value is -0.340. The van der Waals surface area contributed by atoms with Crippen LogP contribution in [0.3, 0.4) is 0 Å². The minimum Gasteiger partial charge on any atom is -0.330 e. The molecule has 0 aromatic heterocycles. The summed E-state index contributed by atoms with van der Waals surface area (Å²) in [6, 6.07) is 8.69. The third kappa shape index (κ3) is 1.85. The van der Waals surface area contributed by atoms with Crippen molar-refractivity contribution in [3.05, 3.63) is 34.3 Å². The third-order valence-electron chi connectivity index (χ3n) is 3.99. The average Bonchev–Trinajstić information content (AvgIpc) is 2.62. The van der Waals surface area contributed by atoms with Gasteiger partial charge in [-0.3, -0.25) is 0 Å². The smallest absolute Gasteiger partial charge is 0.0175 e. The monoisotopic (exact) mass is 267 g/mol. The predicted molar refractivity (Wildman–Crippen MR) is 67.9 cm³/mol. The van der Waals surface area contributed by atoms with Gasteiger partial charge in [0.15, 0.2) is 0 Å². The van der Waals surface area contributed by atoms with Gasteiger partial charge in [0.1, 0.15) is 0 Å². The predicted octanol–water partition coefficient (Wildman–Crippen LogP) is 3.47. The van der Waals surface area contributed by atoms with E-state index in [0.29, 0.717) is 5.92 Å². The van der Waals surface area contributed by atoms with Crippen molar-refractivity contribution in [3.8, 4) is 0 Å². The fourth-order valence-corrected chi connectivity index (χ4v) is 3.14. The van der Waals surface area contributed by atoms with Crippen LogP contribution in [0, 0.1) is 5.92 Å². The lowest BCUT2D eigenvalue weighted by molar-refractivity contribution is 0.346. The first-order valence-corrected chi connectivity index (χ1v) is 6.44. The molecule has 2 N–H and O–H groups in total. The van der Waals surface area contributed by atoms with Gasteiger partial charge in [0, 0.05) is 16.4 Å². The van der Waals surface area contributed by atoms with Crippen LogP contribution >= 0.6 is 15.9 Å². The van der Waals surface area contributed by atoms with E-state index in [0.717, 1.165) is 11.0 Å². The average molecular weight is 268 g/mol. The van der Waals surface area contributed by atoms with Crippen molar-refractivity contribution in [3.63, 3.8) is 0 Å². The molecule has 0 spiro atoms. The molecule has 2 heteroatoms. The Kier molecular flexibility index (Phi) is 3.17. The summed E-state index contributed by atoms with van der Waals surface area (Å²) in [5.41, 5.74) is 7.67. The molecule has 1 aromatic rings. The molecule has 2 atom stereocenters. The van der Waals surface area contributed by atoms with Gasteiger partial charge in [-0.15, -0.1) is 0 Å². The second-order valence-electron chi connectivity index (χ2n) is 4.66. The van der Waals surface area contributed by atoms with Crippen LogP contribution in [0.1, 0.15) is 31.7 Å². The fraction of sp³-hybridized carbons (Fsp3) is 0.538. The van der Waals surface area contributed by atoms with Crippen molar-refractivity contribution in [2.45, 2.75) is 31.6 Å². The lowest BCUT2D eigenvalue weighted by Crippen LogP contribution is -2.37. The normalized spacial score (nSPS) is 30.7. The van der Waals surface area contributed by atoms with Gasteiger partial charge in [-0.1, -0.05) is 41.4 Å². The van der Waals surface area contributed by atoms with Crippen LogP contribution in [0.25, 0.3) is 0 Å². The highest BCUT2D eigenvalue weighted by Gasteiger charge is 2.40. The molecule has 2 rings (SSSR count). The molecule has 0 radical (unpaired) electrons. The summed E-state index contributed by atoms with van der Waals surface area (Å²) >= 11 is 3.48. The molecule has 0 heterocycles. The van der Waals surface area contributed by atoms with E-state index in [1.165, 1.54) is 24.8 Å². The van der Waals surface area contributed by atoms with Crippen molar-refractivity contribution in [1.29, 1.82) is 0 Å². The summed E-state index contributed by atoms with van der Waals surface area (Å²) in [4.78, 5) is 0. The Morgan fingerprint density at radius 3 is 2.53 bits per heavy atom. The van der Waals surface area contributed by atoms with Crippen molar-refractivity contribution in [1.82, 2.24) is 0 Å². The molecule has 1 aromatic carbocycles. The first kappa shape index (κ1) is 11.2. The zero-order valence-electron chi connectivity index (χ0n) is 9.17. The van der Waals surface area contributed by atoms with Crippen LogP contribution in [0.15, 0.2) is 28.7 Å². The van der Waals surface area contributed by atoms with Gasteiger partial charge in [-0.2, -0.15) is 0 Å². The van der Waals surface area contributed by atoms with Gasteiger partial charge < -0.3 is 5.73 Å². The lowest BCUT2D eigenvalue weighted by atomic mass is 9.73. The van der Waals surface area contributed by atoms with Crippen LogP contribution in [-0.4, -0.2) is 6.54 Å². The van der Waals surface area contributed by atoms with Gasteiger partial charge in [0.05, 0.1) is 0 Å². The summed E-state index contributed by atoms with van der Waals surface area (Å²) in [6.07, 6.45) is 3.87. The number of hydrogen-bond donors (Lipinski definition) is 1. The Morgan fingerprint density at radius 1 is 1.40 bits per heavy atom. The second-order valence-corrected chi connectivity index (χ2v) is 5.58. The van der Waals surface area contributed by atoms with E-state index < -0.39 is 0 Å². The molecule has 0 amide bonds. The molecule has 15 heavy (non-hydrogen) atoms. The Bertz CT molecular complexity index is 333. The molecule has 0 saturated heterocycles. The topological polar surface area (TPSA) is 26.0 Å². The van der Waals surface area contributed by atoms with E-state index in [2.05, 4.69) is 47.1 Å². The summed E-state index contributed by atoms with van der Waals surface area (Å²) in [5, 5.41) is 0. The maximum absolute atomic E-state index is 6.02. The van der Waals surface area contributed by atoms with E-state index >= 15 is 0 Å². The van der Waals surface area contributed by atoms with Gasteiger partial charge in [0.2, 0.25) is 0 Å². The standard InChI is InChI=1S/C13H18BrN/c1-10-3-2-8-13(10,9-15)11-4-6-12(14)7-5-11/h4-7,10H,2-3,8-9,15H2,1H3. The molecule has 2 unspecified atom stereocenters. The van der Waals surface area contributed by atoms with Crippen molar-refractivity contribution in [2.75, 3.05) is 6.54 Å². The maximum atomic E-state index is 6.02. The zero-order chi connectivity index (χ0) is 10.9. The number of benzene rings is 1. The lowest BCUT2D eigenvalue weighted by Gasteiger charge is -2.33. The largest absolute Gasteiger partial charge is 0.330 e. The molecular formula is C13H18BrN. The molecule has 1 saturated carbocycles. The van der Waals surface area contributed by atoms with Crippen LogP contribution in [-0.2, 0) is 5.41 Å². The van der Waals surface area contributed by atoms with Crippen LogP contribution in [0.4, 0.5) is 0 Å². The SMILES string of the molecule is CC1CCCC1(CN)c1ccc(Br)cc1. The highest BCUT2D eigenvalue weighted by atomic mass is 79.9. The highest BCUT2D eigenvalue weighted by Crippen LogP contribution is 2.44. The number of halogens is 1. The molecular weight excluding hydrogens is 250 g/mol. The molecule has 1 aliphatic rings. The number of hydrogen-bond acceptors (Lipinski definition) is 1. The minimum absolute atomic E-state index is 0.237. The molecule has 1 fully saturated rings. The Morgan fingerprint density at radius 2 is 2.07 bits per heavy atom. The van der Waals surface area contributed by atoms with E-state index in [-0.39, 0.29) is 5.41 Å². The first-order valence-electron chi connectivity index (χ1n) is 5.65. The first-order chi connectivity index (χ1) is 7.19. The molecule has 1 nitrogen and oxygen atoms in total. The van der Waals surface area contributed by atoms with Crippen molar-refractivity contribution >= 4 is 15.9 Å². The van der Waals surface area contributed by atoms with Gasteiger partial charge in [-0.25, -0.2) is 0 Å². The molecule has 82 valence electrons. The quantitative estimate of drug-likeness (QED) is 0.873. The van der Waals surface area contributed by atoms with Crippen LogP contribution < -0.4 is 5.73 Å². The maximum Gasteiger partial charge on any atom is 0.0175 e. The fourth-order valence-electron chi connectivity index (χ4n) is 2.88. The molecule has 0 bridgehead atoms. The second kappa shape index (κ2) is 4.26. The van der Waals surface area contributed by atoms with E-state index in [1.54, 1.807) is 0 Å². The summed E-state index contributed by atoms with van der Waals surface area (Å²) < 4.78 is 1.14.